The van der Waals surface area contributed by atoms with Crippen molar-refractivity contribution in [2.24, 2.45) is 5.14 Å². The van der Waals surface area contributed by atoms with E-state index in [2.05, 4.69) is 10.6 Å². The summed E-state index contributed by atoms with van der Waals surface area (Å²) in [7, 11) is -2.57. The van der Waals surface area contributed by atoms with Crippen LogP contribution in [-0.4, -0.2) is 32.9 Å². The molecule has 0 saturated carbocycles. The molecule has 0 spiro atoms. The van der Waals surface area contributed by atoms with E-state index in [1.807, 2.05) is 13.0 Å². The minimum atomic E-state index is -4.06. The van der Waals surface area contributed by atoms with Crippen LogP contribution in [0.4, 0.5) is 17.1 Å². The molecule has 10 nitrogen and oxygen atoms in total. The Balaban J connectivity index is 2.04. The number of primary sulfonamides is 1. The van der Waals surface area contributed by atoms with Crippen LogP contribution in [0, 0.1) is 17.0 Å². The van der Waals surface area contributed by atoms with Gasteiger partial charge in [-0.05, 0) is 36.8 Å². The number of methoxy groups -OCH3 is 1. The van der Waals surface area contributed by atoms with Crippen LogP contribution < -0.4 is 20.5 Å². The zero-order valence-electron chi connectivity index (χ0n) is 15.3. The molecule has 4 N–H and O–H groups in total. The number of ether oxygens (including phenoxy) is 1. The maximum Gasteiger partial charge on any atom is 0.293 e. The van der Waals surface area contributed by atoms with Gasteiger partial charge in [0.2, 0.25) is 15.9 Å². The number of benzene rings is 2. The van der Waals surface area contributed by atoms with Crippen molar-refractivity contribution in [1.29, 1.82) is 0 Å². The lowest BCUT2D eigenvalue weighted by Crippen LogP contribution is -2.17. The van der Waals surface area contributed by atoms with Crippen LogP contribution in [0.15, 0.2) is 41.3 Å². The van der Waals surface area contributed by atoms with Crippen molar-refractivity contribution < 1.29 is 22.9 Å². The third-order valence-corrected chi connectivity index (χ3v) is 4.70. The highest BCUT2D eigenvalue weighted by molar-refractivity contribution is 7.89. The van der Waals surface area contributed by atoms with Gasteiger partial charge in [0.1, 0.15) is 11.4 Å². The molecule has 1 amide bonds. The van der Waals surface area contributed by atoms with Gasteiger partial charge in [-0.15, -0.1) is 0 Å². The predicted molar refractivity (Wildman–Crippen MR) is 104 cm³/mol. The molecule has 0 aromatic heterocycles. The monoisotopic (exact) mass is 408 g/mol. The SMILES string of the molecule is COc1ccc(C)cc1NC(=O)CCNc1ccc(S(N)(=O)=O)cc1[N+](=O)[O-]. The molecule has 0 heterocycles. The van der Waals surface area contributed by atoms with Crippen molar-refractivity contribution >= 4 is 33.0 Å². The summed E-state index contributed by atoms with van der Waals surface area (Å²) in [5.41, 5.74) is 1.10. The molecule has 2 rings (SSSR count). The minimum absolute atomic E-state index is 0.0190. The van der Waals surface area contributed by atoms with Crippen LogP contribution in [0.2, 0.25) is 0 Å². The Kier molecular flexibility index (Phi) is 6.54. The number of nitrogens with one attached hydrogen (secondary N) is 2. The third-order valence-electron chi connectivity index (χ3n) is 3.79. The Morgan fingerprint density at radius 1 is 1.21 bits per heavy atom. The van der Waals surface area contributed by atoms with Crippen LogP contribution in [0.1, 0.15) is 12.0 Å². The number of nitrogens with two attached hydrogens (primary N) is 1. The number of carbonyl (C=O) groups excluding carboxylic acids is 1. The summed E-state index contributed by atoms with van der Waals surface area (Å²) in [6, 6.07) is 8.61. The van der Waals surface area contributed by atoms with Crippen LogP contribution in [0.5, 0.6) is 5.75 Å². The average Bonchev–Trinajstić information content (AvgIpc) is 2.61. The highest BCUT2D eigenvalue weighted by Gasteiger charge is 2.19. The number of hydrogen-bond acceptors (Lipinski definition) is 7. The first-order valence-electron chi connectivity index (χ1n) is 8.11. The zero-order valence-corrected chi connectivity index (χ0v) is 16.1. The lowest BCUT2D eigenvalue weighted by atomic mass is 10.2. The number of nitro benzene ring substituents is 1. The molecule has 0 bridgehead atoms. The molecule has 0 aliphatic rings. The molecule has 0 atom stereocenters. The van der Waals surface area contributed by atoms with E-state index in [0.717, 1.165) is 17.7 Å². The number of sulfonamides is 1. The quantitative estimate of drug-likeness (QED) is 0.446. The summed E-state index contributed by atoms with van der Waals surface area (Å²) < 4.78 is 27.9. The topological polar surface area (TPSA) is 154 Å². The second-order valence-corrected chi connectivity index (χ2v) is 7.47. The molecular weight excluding hydrogens is 388 g/mol. The van der Waals surface area contributed by atoms with Crippen molar-refractivity contribution in [3.8, 4) is 5.75 Å². The van der Waals surface area contributed by atoms with Crippen LogP contribution in [0.25, 0.3) is 0 Å². The van der Waals surface area contributed by atoms with Gasteiger partial charge in [-0.2, -0.15) is 0 Å². The van der Waals surface area contributed by atoms with Crippen LogP contribution in [-0.2, 0) is 14.8 Å². The smallest absolute Gasteiger partial charge is 0.293 e. The van der Waals surface area contributed by atoms with Gasteiger partial charge in [-0.25, -0.2) is 13.6 Å². The van der Waals surface area contributed by atoms with Crippen LogP contribution >= 0.6 is 0 Å². The zero-order chi connectivity index (χ0) is 20.9. The van der Waals surface area contributed by atoms with E-state index in [-0.39, 0.29) is 29.5 Å². The number of aryl methyl sites for hydroxylation is 1. The van der Waals surface area contributed by atoms with Crippen molar-refractivity contribution in [1.82, 2.24) is 0 Å². The van der Waals surface area contributed by atoms with E-state index in [1.54, 1.807) is 12.1 Å². The van der Waals surface area contributed by atoms with Gasteiger partial charge < -0.3 is 15.4 Å². The van der Waals surface area contributed by atoms with Gasteiger partial charge >= 0.3 is 0 Å². The summed E-state index contributed by atoms with van der Waals surface area (Å²) in [4.78, 5) is 22.2. The van der Waals surface area contributed by atoms with Gasteiger partial charge in [0.25, 0.3) is 5.69 Å². The molecule has 0 saturated heterocycles. The van der Waals surface area contributed by atoms with Gasteiger partial charge in [0.05, 0.1) is 22.6 Å². The normalized spacial score (nSPS) is 11.0. The van der Waals surface area contributed by atoms with E-state index in [0.29, 0.717) is 11.4 Å². The maximum atomic E-state index is 12.2. The molecule has 11 heteroatoms. The molecule has 0 aliphatic carbocycles. The second kappa shape index (κ2) is 8.67. The number of rotatable bonds is 8. The van der Waals surface area contributed by atoms with E-state index < -0.39 is 20.6 Å². The summed E-state index contributed by atoms with van der Waals surface area (Å²) in [5.74, 6) is 0.196. The summed E-state index contributed by atoms with van der Waals surface area (Å²) in [6.07, 6.45) is 0.0190. The van der Waals surface area contributed by atoms with Crippen molar-refractivity contribution in [3.05, 3.63) is 52.1 Å². The van der Waals surface area contributed by atoms with E-state index in [9.17, 15) is 23.3 Å². The summed E-state index contributed by atoms with van der Waals surface area (Å²) in [6.45, 7) is 1.97. The number of amides is 1. The molecular formula is C17H20N4O6S. The van der Waals surface area contributed by atoms with Crippen molar-refractivity contribution in [2.45, 2.75) is 18.2 Å². The molecule has 150 valence electrons. The number of hydrogen-bond donors (Lipinski definition) is 3. The van der Waals surface area contributed by atoms with E-state index >= 15 is 0 Å². The summed E-state index contributed by atoms with van der Waals surface area (Å²) in [5, 5.41) is 21.6. The lowest BCUT2D eigenvalue weighted by molar-refractivity contribution is -0.384. The number of anilines is 2. The Morgan fingerprint density at radius 2 is 1.93 bits per heavy atom. The number of nitro groups is 1. The fourth-order valence-electron chi connectivity index (χ4n) is 2.43. The first-order chi connectivity index (χ1) is 13.1. The molecule has 0 radical (unpaired) electrons. The first kappa shape index (κ1) is 21.1. The van der Waals surface area contributed by atoms with Gasteiger partial charge in [-0.3, -0.25) is 14.9 Å². The minimum Gasteiger partial charge on any atom is -0.495 e. The molecule has 2 aromatic rings. The first-order valence-corrected chi connectivity index (χ1v) is 9.66. The van der Waals surface area contributed by atoms with E-state index in [1.165, 1.54) is 13.2 Å². The Hall–Kier alpha value is -3.18. The van der Waals surface area contributed by atoms with Gasteiger partial charge in [0.15, 0.2) is 0 Å². The molecule has 2 aromatic carbocycles. The van der Waals surface area contributed by atoms with Crippen LogP contribution in [0.3, 0.4) is 0 Å². The van der Waals surface area contributed by atoms with Gasteiger partial charge in [0, 0.05) is 19.0 Å². The fourth-order valence-corrected chi connectivity index (χ4v) is 2.97. The van der Waals surface area contributed by atoms with E-state index in [4.69, 9.17) is 9.88 Å². The molecule has 0 aliphatic heterocycles. The third kappa shape index (κ3) is 5.41. The second-order valence-electron chi connectivity index (χ2n) is 5.91. The summed E-state index contributed by atoms with van der Waals surface area (Å²) >= 11 is 0. The number of nitrogens with zero attached hydrogens (tertiary/aromatic N) is 1. The Morgan fingerprint density at radius 3 is 2.54 bits per heavy atom. The lowest BCUT2D eigenvalue weighted by Gasteiger charge is -2.12. The standard InChI is InChI=1S/C17H20N4O6S/c1-11-3-6-16(27-2)14(9-11)20-17(22)7-8-19-13-5-4-12(28(18,25)26)10-15(13)21(23)24/h3-6,9-10,19H,7-8H2,1-2H3,(H,20,22)(H2,18,25,26). The maximum absolute atomic E-state index is 12.2. The Labute approximate surface area is 161 Å². The highest BCUT2D eigenvalue weighted by atomic mass is 32.2. The molecule has 0 fully saturated rings. The Bertz CT molecular complexity index is 1010. The number of carbonyl (C=O) groups is 1. The van der Waals surface area contributed by atoms with Crippen molar-refractivity contribution in [3.63, 3.8) is 0 Å². The predicted octanol–water partition coefficient (Wildman–Crippen LogP) is 2.00. The highest BCUT2D eigenvalue weighted by Crippen LogP contribution is 2.27. The fraction of sp³-hybridized carbons (Fsp3) is 0.235. The largest absolute Gasteiger partial charge is 0.495 e. The van der Waals surface area contributed by atoms with Crippen molar-refractivity contribution in [2.75, 3.05) is 24.3 Å². The molecule has 0 unspecified atom stereocenters. The molecule has 28 heavy (non-hydrogen) atoms. The van der Waals surface area contributed by atoms with Gasteiger partial charge in [-0.1, -0.05) is 6.07 Å². The average molecular weight is 408 g/mol.